The summed E-state index contributed by atoms with van der Waals surface area (Å²) in [5, 5.41) is 5.36. The van der Waals surface area contributed by atoms with Crippen molar-refractivity contribution in [3.8, 4) is 0 Å². The van der Waals surface area contributed by atoms with Crippen LogP contribution >= 0.6 is 11.3 Å². The molecule has 2 amide bonds. The van der Waals surface area contributed by atoms with E-state index in [0.29, 0.717) is 12.2 Å². The number of aryl methyl sites for hydroxylation is 1. The maximum Gasteiger partial charge on any atom is 0.275 e. The number of amides is 2. The SMILES string of the molecule is Cc1ccc(N2C(=O)c3cc4sccc4n3CC2(C)C(=O)NC2CCCCCC2)cc1. The van der Waals surface area contributed by atoms with Gasteiger partial charge in [-0.05, 0) is 56.3 Å². The van der Waals surface area contributed by atoms with Gasteiger partial charge in [-0.2, -0.15) is 0 Å². The number of hydrogen-bond acceptors (Lipinski definition) is 3. The molecule has 0 saturated heterocycles. The quantitative estimate of drug-likeness (QED) is 0.570. The van der Waals surface area contributed by atoms with Gasteiger partial charge in [-0.3, -0.25) is 14.5 Å². The topological polar surface area (TPSA) is 54.3 Å². The van der Waals surface area contributed by atoms with Crippen molar-refractivity contribution in [3.05, 3.63) is 53.0 Å². The first-order valence-electron chi connectivity index (χ1n) is 11.3. The first-order valence-corrected chi connectivity index (χ1v) is 12.1. The number of nitrogens with one attached hydrogen (secondary N) is 1. The zero-order valence-corrected chi connectivity index (χ0v) is 19.0. The van der Waals surface area contributed by atoms with Crippen molar-refractivity contribution in [1.82, 2.24) is 9.88 Å². The van der Waals surface area contributed by atoms with Crippen LogP contribution in [0.4, 0.5) is 5.69 Å². The molecule has 3 aromatic rings. The molecule has 3 heterocycles. The molecule has 1 aromatic carbocycles. The fourth-order valence-electron chi connectivity index (χ4n) is 5.08. The maximum atomic E-state index is 13.8. The van der Waals surface area contributed by atoms with Gasteiger partial charge in [0.15, 0.2) is 0 Å². The number of benzene rings is 1. The van der Waals surface area contributed by atoms with Gasteiger partial charge in [-0.1, -0.05) is 43.4 Å². The highest BCUT2D eigenvalue weighted by Gasteiger charge is 2.49. The second-order valence-corrected chi connectivity index (χ2v) is 10.1. The van der Waals surface area contributed by atoms with Crippen molar-refractivity contribution in [2.75, 3.05) is 4.90 Å². The van der Waals surface area contributed by atoms with Gasteiger partial charge in [-0.25, -0.2) is 0 Å². The van der Waals surface area contributed by atoms with E-state index in [1.807, 2.05) is 60.2 Å². The third-order valence-corrected chi connectivity index (χ3v) is 7.73. The fraction of sp³-hybridized carbons (Fsp3) is 0.440. The van der Waals surface area contributed by atoms with Crippen LogP contribution in [0.15, 0.2) is 41.8 Å². The summed E-state index contributed by atoms with van der Waals surface area (Å²) in [5.41, 5.74) is 2.58. The predicted molar refractivity (Wildman–Crippen MR) is 126 cm³/mol. The minimum Gasteiger partial charge on any atom is -0.351 e. The highest BCUT2D eigenvalue weighted by Crippen LogP contribution is 2.37. The smallest absolute Gasteiger partial charge is 0.275 e. The van der Waals surface area contributed by atoms with Crippen LogP contribution in [0.25, 0.3) is 10.2 Å². The standard InChI is InChI=1S/C25H29N3O2S/c1-17-9-11-19(12-10-17)28-23(29)21-15-22-20(13-14-31-22)27(21)16-25(28,2)24(30)26-18-7-5-3-4-6-8-18/h9-15,18H,3-8,16H2,1-2H3,(H,26,30). The van der Waals surface area contributed by atoms with Crippen LogP contribution in [0.3, 0.4) is 0 Å². The van der Waals surface area contributed by atoms with Gasteiger partial charge in [0.1, 0.15) is 11.2 Å². The Morgan fingerprint density at radius 2 is 1.81 bits per heavy atom. The number of thiophene rings is 1. The van der Waals surface area contributed by atoms with Crippen LogP contribution in [0.2, 0.25) is 0 Å². The molecule has 2 aliphatic rings. The molecule has 31 heavy (non-hydrogen) atoms. The molecule has 162 valence electrons. The van der Waals surface area contributed by atoms with Gasteiger partial charge < -0.3 is 9.88 Å². The average molecular weight is 436 g/mol. The second kappa shape index (κ2) is 7.83. The number of fused-ring (bicyclic) bond motifs is 3. The van der Waals surface area contributed by atoms with Crippen molar-refractivity contribution in [3.63, 3.8) is 0 Å². The largest absolute Gasteiger partial charge is 0.351 e. The highest BCUT2D eigenvalue weighted by atomic mass is 32.1. The Bertz CT molecular complexity index is 1120. The molecule has 1 unspecified atom stereocenters. The third kappa shape index (κ3) is 3.47. The molecule has 1 saturated carbocycles. The molecular formula is C25H29N3O2S. The van der Waals surface area contributed by atoms with Crippen molar-refractivity contribution in [2.24, 2.45) is 0 Å². The van der Waals surface area contributed by atoms with E-state index in [4.69, 9.17) is 0 Å². The molecule has 1 N–H and O–H groups in total. The number of hydrogen-bond donors (Lipinski definition) is 1. The van der Waals surface area contributed by atoms with Gasteiger partial charge >= 0.3 is 0 Å². The molecule has 1 atom stereocenters. The van der Waals surface area contributed by atoms with Crippen molar-refractivity contribution >= 4 is 39.1 Å². The van der Waals surface area contributed by atoms with Gasteiger partial charge in [0.25, 0.3) is 5.91 Å². The Kier molecular flexibility index (Phi) is 5.13. The minimum absolute atomic E-state index is 0.0592. The summed E-state index contributed by atoms with van der Waals surface area (Å²) < 4.78 is 3.12. The molecule has 0 radical (unpaired) electrons. The number of carbonyl (C=O) groups is 2. The summed E-state index contributed by atoms with van der Waals surface area (Å²) in [6.07, 6.45) is 6.81. The summed E-state index contributed by atoms with van der Waals surface area (Å²) in [4.78, 5) is 29.3. The van der Waals surface area contributed by atoms with E-state index in [1.54, 1.807) is 16.2 Å². The maximum absolute atomic E-state index is 13.8. The Hall–Kier alpha value is -2.60. The monoisotopic (exact) mass is 435 g/mol. The molecular weight excluding hydrogens is 406 g/mol. The number of anilines is 1. The number of carbonyl (C=O) groups excluding carboxylic acids is 2. The number of aromatic nitrogens is 1. The fourth-order valence-corrected chi connectivity index (χ4v) is 5.90. The summed E-state index contributed by atoms with van der Waals surface area (Å²) in [6.45, 7) is 4.39. The Labute approximate surface area is 187 Å². The minimum atomic E-state index is -1.00. The Balaban J connectivity index is 1.57. The number of rotatable bonds is 3. The molecule has 5 nitrogen and oxygen atoms in total. The van der Waals surface area contributed by atoms with Crippen LogP contribution in [0.1, 0.15) is 61.5 Å². The lowest BCUT2D eigenvalue weighted by molar-refractivity contribution is -0.127. The zero-order chi connectivity index (χ0) is 21.6. The summed E-state index contributed by atoms with van der Waals surface area (Å²) >= 11 is 1.63. The first-order chi connectivity index (χ1) is 15.0. The Morgan fingerprint density at radius 3 is 2.52 bits per heavy atom. The predicted octanol–water partition coefficient (Wildman–Crippen LogP) is 5.27. The lowest BCUT2D eigenvalue weighted by atomic mass is 9.92. The van der Waals surface area contributed by atoms with Crippen molar-refractivity contribution in [2.45, 2.75) is 70.5 Å². The summed E-state index contributed by atoms with van der Waals surface area (Å²) in [7, 11) is 0. The van der Waals surface area contributed by atoms with E-state index in [9.17, 15) is 9.59 Å². The molecule has 1 aliphatic carbocycles. The summed E-state index contributed by atoms with van der Waals surface area (Å²) in [6, 6.07) is 12.1. The first kappa shape index (κ1) is 20.3. The third-order valence-electron chi connectivity index (χ3n) is 6.88. The van der Waals surface area contributed by atoms with E-state index in [-0.39, 0.29) is 17.9 Å². The lowest BCUT2D eigenvalue weighted by Crippen LogP contribution is -2.65. The normalized spacial score (nSPS) is 22.4. The van der Waals surface area contributed by atoms with E-state index >= 15 is 0 Å². The van der Waals surface area contributed by atoms with Crippen LogP contribution in [0, 0.1) is 6.92 Å². The molecule has 6 heteroatoms. The Morgan fingerprint density at radius 1 is 1.10 bits per heavy atom. The van der Waals surface area contributed by atoms with Crippen molar-refractivity contribution in [1.29, 1.82) is 0 Å². The molecule has 0 spiro atoms. The average Bonchev–Trinajstić information content (AvgIpc) is 3.24. The van der Waals surface area contributed by atoms with Crippen LogP contribution < -0.4 is 10.2 Å². The molecule has 2 aromatic heterocycles. The van der Waals surface area contributed by atoms with Gasteiger partial charge in [0.2, 0.25) is 5.91 Å². The lowest BCUT2D eigenvalue weighted by Gasteiger charge is -2.44. The molecule has 1 fully saturated rings. The van der Waals surface area contributed by atoms with E-state index in [2.05, 4.69) is 5.32 Å². The molecule has 5 rings (SSSR count). The second-order valence-electron chi connectivity index (χ2n) is 9.20. The van der Waals surface area contributed by atoms with Crippen LogP contribution in [-0.2, 0) is 11.3 Å². The van der Waals surface area contributed by atoms with E-state index in [0.717, 1.165) is 47.2 Å². The van der Waals surface area contributed by atoms with Gasteiger partial charge in [-0.15, -0.1) is 11.3 Å². The van der Waals surface area contributed by atoms with E-state index in [1.165, 1.54) is 12.8 Å². The van der Waals surface area contributed by atoms with Crippen LogP contribution in [0.5, 0.6) is 0 Å². The molecule has 0 bridgehead atoms. The number of nitrogens with zero attached hydrogens (tertiary/aromatic N) is 2. The van der Waals surface area contributed by atoms with Crippen LogP contribution in [-0.4, -0.2) is 28.0 Å². The zero-order valence-electron chi connectivity index (χ0n) is 18.2. The van der Waals surface area contributed by atoms with Gasteiger partial charge in [0, 0.05) is 11.7 Å². The highest BCUT2D eigenvalue weighted by molar-refractivity contribution is 7.17. The summed E-state index contributed by atoms with van der Waals surface area (Å²) in [5.74, 6) is -0.173. The molecule has 1 aliphatic heterocycles. The van der Waals surface area contributed by atoms with Gasteiger partial charge in [0.05, 0.1) is 16.8 Å². The van der Waals surface area contributed by atoms with E-state index < -0.39 is 5.54 Å². The van der Waals surface area contributed by atoms with Crippen molar-refractivity contribution < 1.29 is 9.59 Å².